The number of carbonyl (C=O) groups is 1. The predicted octanol–water partition coefficient (Wildman–Crippen LogP) is 2.61. The molecule has 1 amide bonds. The lowest BCUT2D eigenvalue weighted by atomic mass is 9.81. The van der Waals surface area contributed by atoms with Gasteiger partial charge in [-0.1, -0.05) is 12.1 Å². The number of hydrazine groups is 1. The summed E-state index contributed by atoms with van der Waals surface area (Å²) < 4.78 is 13.3. The summed E-state index contributed by atoms with van der Waals surface area (Å²) in [6.45, 7) is 2.28. The SMILES string of the molecule is O=C(c1cnc(C2CC2)nc1)N1CCCC(C2NNCC2c2ccc(F)cc2)C1. The van der Waals surface area contributed by atoms with Crippen molar-refractivity contribution < 1.29 is 9.18 Å². The monoisotopic (exact) mass is 395 g/mol. The summed E-state index contributed by atoms with van der Waals surface area (Å²) in [5.74, 6) is 1.75. The molecule has 3 unspecified atom stereocenters. The average Bonchev–Trinajstić information content (AvgIpc) is 3.50. The van der Waals surface area contributed by atoms with Gasteiger partial charge in [0.1, 0.15) is 11.6 Å². The highest BCUT2D eigenvalue weighted by atomic mass is 19.1. The van der Waals surface area contributed by atoms with Crippen LogP contribution in [0.5, 0.6) is 0 Å². The Morgan fingerprint density at radius 1 is 1.10 bits per heavy atom. The quantitative estimate of drug-likeness (QED) is 0.833. The number of amides is 1. The molecule has 0 radical (unpaired) electrons. The van der Waals surface area contributed by atoms with Crippen molar-refractivity contribution in [1.82, 2.24) is 25.7 Å². The molecule has 1 aliphatic carbocycles. The lowest BCUT2D eigenvalue weighted by Gasteiger charge is -2.37. The molecule has 1 saturated carbocycles. The van der Waals surface area contributed by atoms with Crippen LogP contribution < -0.4 is 10.9 Å². The molecule has 2 saturated heterocycles. The van der Waals surface area contributed by atoms with Gasteiger partial charge >= 0.3 is 0 Å². The molecule has 0 bridgehead atoms. The average molecular weight is 395 g/mol. The van der Waals surface area contributed by atoms with Gasteiger partial charge in [0.25, 0.3) is 5.91 Å². The summed E-state index contributed by atoms with van der Waals surface area (Å²) in [6, 6.07) is 6.99. The van der Waals surface area contributed by atoms with Gasteiger partial charge < -0.3 is 4.90 Å². The number of carbonyl (C=O) groups excluding carboxylic acids is 1. The number of piperidine rings is 1. The molecular weight excluding hydrogens is 369 g/mol. The first-order chi connectivity index (χ1) is 14.2. The van der Waals surface area contributed by atoms with Crippen LogP contribution >= 0.6 is 0 Å². The van der Waals surface area contributed by atoms with Crippen molar-refractivity contribution in [3.8, 4) is 0 Å². The zero-order valence-corrected chi connectivity index (χ0v) is 16.4. The summed E-state index contributed by atoms with van der Waals surface area (Å²) in [6.07, 6.45) is 7.72. The van der Waals surface area contributed by atoms with Crippen molar-refractivity contribution in [3.05, 3.63) is 59.4 Å². The molecule has 1 aromatic carbocycles. The largest absolute Gasteiger partial charge is 0.338 e. The number of rotatable bonds is 4. The van der Waals surface area contributed by atoms with E-state index >= 15 is 0 Å². The highest BCUT2D eigenvalue weighted by molar-refractivity contribution is 5.93. The molecule has 29 heavy (non-hydrogen) atoms. The van der Waals surface area contributed by atoms with Gasteiger partial charge in [0.15, 0.2) is 0 Å². The van der Waals surface area contributed by atoms with Gasteiger partial charge in [-0.2, -0.15) is 0 Å². The lowest BCUT2D eigenvalue weighted by Crippen LogP contribution is -2.48. The topological polar surface area (TPSA) is 70.2 Å². The summed E-state index contributed by atoms with van der Waals surface area (Å²) in [4.78, 5) is 23.8. The van der Waals surface area contributed by atoms with Crippen molar-refractivity contribution in [2.45, 2.75) is 43.6 Å². The minimum absolute atomic E-state index is 0.0151. The Bertz CT molecular complexity index is 868. The van der Waals surface area contributed by atoms with Crippen LogP contribution in [-0.2, 0) is 0 Å². The van der Waals surface area contributed by atoms with Crippen molar-refractivity contribution in [2.24, 2.45) is 5.92 Å². The van der Waals surface area contributed by atoms with Crippen LogP contribution in [0.1, 0.15) is 59.3 Å². The Morgan fingerprint density at radius 2 is 1.86 bits per heavy atom. The molecule has 3 heterocycles. The predicted molar refractivity (Wildman–Crippen MR) is 107 cm³/mol. The standard InChI is InChI=1S/C22H26FN5O/c23-18-7-5-14(6-8-18)19-12-26-27-20(19)16-2-1-9-28(13-16)22(29)17-10-24-21(25-11-17)15-3-4-15/h5-8,10-11,15-16,19-20,26-27H,1-4,9,12-13H2. The number of hydrogen-bond acceptors (Lipinski definition) is 5. The van der Waals surface area contributed by atoms with Gasteiger partial charge in [0.05, 0.1) is 5.56 Å². The highest BCUT2D eigenvalue weighted by Crippen LogP contribution is 2.37. The fourth-order valence-corrected chi connectivity index (χ4v) is 4.67. The van der Waals surface area contributed by atoms with E-state index in [1.807, 2.05) is 17.0 Å². The second kappa shape index (κ2) is 7.80. The number of benzene rings is 1. The normalized spacial score (nSPS) is 27.2. The molecule has 2 aromatic rings. The number of aromatic nitrogens is 2. The molecule has 2 N–H and O–H groups in total. The van der Waals surface area contributed by atoms with E-state index in [-0.39, 0.29) is 23.7 Å². The van der Waals surface area contributed by atoms with Crippen LogP contribution in [-0.4, -0.2) is 46.5 Å². The van der Waals surface area contributed by atoms with Gasteiger partial charge in [-0.05, 0) is 49.3 Å². The van der Waals surface area contributed by atoms with E-state index in [9.17, 15) is 9.18 Å². The zero-order chi connectivity index (χ0) is 19.8. The van der Waals surface area contributed by atoms with Crippen molar-refractivity contribution in [1.29, 1.82) is 0 Å². The molecule has 5 rings (SSSR count). The van der Waals surface area contributed by atoms with E-state index in [1.54, 1.807) is 12.4 Å². The van der Waals surface area contributed by atoms with Crippen LogP contribution in [0.25, 0.3) is 0 Å². The van der Waals surface area contributed by atoms with Crippen LogP contribution in [0.15, 0.2) is 36.7 Å². The second-order valence-corrected chi connectivity index (χ2v) is 8.47. The summed E-state index contributed by atoms with van der Waals surface area (Å²) in [7, 11) is 0. The van der Waals surface area contributed by atoms with Gasteiger partial charge in [-0.3, -0.25) is 15.6 Å². The highest BCUT2D eigenvalue weighted by Gasteiger charge is 2.38. The molecule has 152 valence electrons. The van der Waals surface area contributed by atoms with Crippen molar-refractivity contribution in [3.63, 3.8) is 0 Å². The number of likely N-dealkylation sites (tertiary alicyclic amines) is 1. The first-order valence-electron chi connectivity index (χ1n) is 10.5. The van der Waals surface area contributed by atoms with Gasteiger partial charge in [-0.25, -0.2) is 14.4 Å². The maximum Gasteiger partial charge on any atom is 0.257 e. The second-order valence-electron chi connectivity index (χ2n) is 8.47. The molecule has 6 nitrogen and oxygen atoms in total. The number of nitrogens with zero attached hydrogens (tertiary/aromatic N) is 3. The fraction of sp³-hybridized carbons (Fsp3) is 0.500. The first kappa shape index (κ1) is 18.6. The van der Waals surface area contributed by atoms with Gasteiger partial charge in [0.2, 0.25) is 0 Å². The number of hydrogen-bond donors (Lipinski definition) is 2. The summed E-state index contributed by atoms with van der Waals surface area (Å²) >= 11 is 0. The molecule has 7 heteroatoms. The van der Waals surface area contributed by atoms with Crippen molar-refractivity contribution in [2.75, 3.05) is 19.6 Å². The minimum Gasteiger partial charge on any atom is -0.338 e. The molecule has 3 fully saturated rings. The molecule has 0 spiro atoms. The molecule has 1 aromatic heterocycles. The van der Waals surface area contributed by atoms with E-state index in [2.05, 4.69) is 20.8 Å². The Balaban J connectivity index is 1.28. The summed E-state index contributed by atoms with van der Waals surface area (Å²) in [5, 5.41) is 0. The molecule has 3 atom stereocenters. The lowest BCUT2D eigenvalue weighted by molar-refractivity contribution is 0.0643. The Morgan fingerprint density at radius 3 is 2.59 bits per heavy atom. The number of nitrogens with one attached hydrogen (secondary N) is 2. The smallest absolute Gasteiger partial charge is 0.257 e. The van der Waals surface area contributed by atoms with E-state index in [0.29, 0.717) is 23.9 Å². The third-order valence-corrected chi connectivity index (χ3v) is 6.44. The Kier molecular flexibility index (Phi) is 5.01. The van der Waals surface area contributed by atoms with Gasteiger partial charge in [-0.15, -0.1) is 0 Å². The first-order valence-corrected chi connectivity index (χ1v) is 10.5. The van der Waals surface area contributed by atoms with E-state index in [1.165, 1.54) is 12.1 Å². The maximum absolute atomic E-state index is 13.3. The molecule has 2 aliphatic heterocycles. The van der Waals surface area contributed by atoms with E-state index in [0.717, 1.165) is 50.2 Å². The maximum atomic E-state index is 13.3. The Labute approximate surface area is 169 Å². The van der Waals surface area contributed by atoms with Crippen LogP contribution in [0.3, 0.4) is 0 Å². The van der Waals surface area contributed by atoms with Crippen LogP contribution in [0, 0.1) is 11.7 Å². The third-order valence-electron chi connectivity index (χ3n) is 6.44. The van der Waals surface area contributed by atoms with Crippen molar-refractivity contribution >= 4 is 5.91 Å². The van der Waals surface area contributed by atoms with Crippen LogP contribution in [0.2, 0.25) is 0 Å². The van der Waals surface area contributed by atoms with Gasteiger partial charge in [0, 0.05) is 49.9 Å². The van der Waals surface area contributed by atoms with Crippen LogP contribution in [0.4, 0.5) is 4.39 Å². The molecule has 3 aliphatic rings. The van der Waals surface area contributed by atoms with E-state index in [4.69, 9.17) is 0 Å². The van der Waals surface area contributed by atoms with E-state index < -0.39 is 0 Å². The Hall–Kier alpha value is -2.38. The number of halogens is 1. The molecular formula is C22H26FN5O. The fourth-order valence-electron chi connectivity index (χ4n) is 4.67. The minimum atomic E-state index is -0.214. The zero-order valence-electron chi connectivity index (χ0n) is 16.4. The summed E-state index contributed by atoms with van der Waals surface area (Å²) in [5.41, 5.74) is 8.37. The third kappa shape index (κ3) is 3.89.